The van der Waals surface area contributed by atoms with Crippen molar-refractivity contribution in [1.29, 1.82) is 0 Å². The van der Waals surface area contributed by atoms with Gasteiger partial charge in [0.05, 0.1) is 18.1 Å². The van der Waals surface area contributed by atoms with Crippen LogP contribution in [0.1, 0.15) is 36.0 Å². The van der Waals surface area contributed by atoms with Crippen LogP contribution in [0.15, 0.2) is 22.7 Å². The number of hydrogen-bond acceptors (Lipinski definition) is 3. The zero-order valence-corrected chi connectivity index (χ0v) is 13.8. The molecule has 1 fully saturated rings. The van der Waals surface area contributed by atoms with Crippen LogP contribution < -0.4 is 4.74 Å². The molecule has 0 saturated heterocycles. The molecule has 0 aromatic heterocycles. The monoisotopic (exact) mass is 339 g/mol. The first-order chi connectivity index (χ1) is 9.60. The van der Waals surface area contributed by atoms with E-state index in [1.54, 1.807) is 7.11 Å². The van der Waals surface area contributed by atoms with Crippen LogP contribution in [0.25, 0.3) is 0 Å². The van der Waals surface area contributed by atoms with Gasteiger partial charge in [-0.2, -0.15) is 0 Å². The Morgan fingerprint density at radius 1 is 1.40 bits per heavy atom. The van der Waals surface area contributed by atoms with Gasteiger partial charge in [0, 0.05) is 12.1 Å². The molecule has 0 amide bonds. The number of likely N-dealkylation sites (N-methyl/N-ethyl adjacent to an activating group) is 1. The second-order valence-electron chi connectivity index (χ2n) is 5.62. The molecule has 2 rings (SSSR count). The van der Waals surface area contributed by atoms with Gasteiger partial charge in [0.25, 0.3) is 0 Å². The lowest BCUT2D eigenvalue weighted by Gasteiger charge is -2.20. The molecule has 20 heavy (non-hydrogen) atoms. The summed E-state index contributed by atoms with van der Waals surface area (Å²) in [5.41, 5.74) is 0.732. The highest BCUT2D eigenvalue weighted by Gasteiger charge is 2.18. The zero-order valence-electron chi connectivity index (χ0n) is 12.2. The van der Waals surface area contributed by atoms with Crippen LogP contribution in [0.5, 0.6) is 5.75 Å². The maximum atomic E-state index is 12.3. The third-order valence-electron chi connectivity index (χ3n) is 3.93. The van der Waals surface area contributed by atoms with E-state index in [9.17, 15) is 4.79 Å². The number of Topliss-reactive ketones (excluding diaryl/α,β-unsaturated/α-hetero) is 1. The van der Waals surface area contributed by atoms with E-state index >= 15 is 0 Å². The lowest BCUT2D eigenvalue weighted by molar-refractivity contribution is 0.0938. The molecule has 0 bridgehead atoms. The molecular weight excluding hydrogens is 318 g/mol. The number of halogens is 1. The number of ether oxygens (including phenoxy) is 1. The number of benzene rings is 1. The van der Waals surface area contributed by atoms with Crippen molar-refractivity contribution in [2.45, 2.75) is 25.7 Å². The van der Waals surface area contributed by atoms with E-state index in [0.29, 0.717) is 6.54 Å². The number of nitrogens with zero attached hydrogens (tertiary/aromatic N) is 1. The smallest absolute Gasteiger partial charge is 0.176 e. The summed E-state index contributed by atoms with van der Waals surface area (Å²) < 4.78 is 6.00. The number of carbonyl (C=O) groups excluding carboxylic acids is 1. The van der Waals surface area contributed by atoms with Gasteiger partial charge in [0.2, 0.25) is 0 Å². The maximum absolute atomic E-state index is 12.3. The van der Waals surface area contributed by atoms with Crippen molar-refractivity contribution in [2.24, 2.45) is 5.92 Å². The van der Waals surface area contributed by atoms with Crippen LogP contribution in [0, 0.1) is 5.92 Å². The van der Waals surface area contributed by atoms with Crippen molar-refractivity contribution >= 4 is 21.7 Å². The summed E-state index contributed by atoms with van der Waals surface area (Å²) in [6.45, 7) is 1.51. The molecule has 1 aliphatic carbocycles. The van der Waals surface area contributed by atoms with Gasteiger partial charge in [-0.3, -0.25) is 9.69 Å². The third kappa shape index (κ3) is 4.06. The summed E-state index contributed by atoms with van der Waals surface area (Å²) in [5, 5.41) is 0. The molecule has 1 aromatic rings. The molecule has 0 N–H and O–H groups in total. The van der Waals surface area contributed by atoms with E-state index in [-0.39, 0.29) is 5.78 Å². The first-order valence-corrected chi connectivity index (χ1v) is 7.94. The average molecular weight is 340 g/mol. The predicted octanol–water partition coefficient (Wildman–Crippen LogP) is 3.76. The molecule has 4 heteroatoms. The normalized spacial score (nSPS) is 15.8. The maximum Gasteiger partial charge on any atom is 0.176 e. The highest BCUT2D eigenvalue weighted by molar-refractivity contribution is 9.10. The molecule has 1 aliphatic rings. The Hall–Kier alpha value is -0.870. The second kappa shape index (κ2) is 7.23. The van der Waals surface area contributed by atoms with E-state index in [2.05, 4.69) is 20.8 Å². The van der Waals surface area contributed by atoms with E-state index in [0.717, 1.165) is 28.2 Å². The molecule has 1 aromatic carbocycles. The molecule has 0 heterocycles. The van der Waals surface area contributed by atoms with Crippen LogP contribution in [0.3, 0.4) is 0 Å². The minimum absolute atomic E-state index is 0.161. The lowest BCUT2D eigenvalue weighted by Crippen LogP contribution is -2.30. The van der Waals surface area contributed by atoms with Crippen molar-refractivity contribution in [2.75, 3.05) is 27.2 Å². The van der Waals surface area contributed by atoms with Crippen LogP contribution in [-0.4, -0.2) is 37.9 Å². The van der Waals surface area contributed by atoms with Crippen molar-refractivity contribution in [1.82, 2.24) is 4.90 Å². The Morgan fingerprint density at radius 2 is 2.10 bits per heavy atom. The average Bonchev–Trinajstić information content (AvgIpc) is 2.91. The zero-order chi connectivity index (χ0) is 14.5. The van der Waals surface area contributed by atoms with Gasteiger partial charge >= 0.3 is 0 Å². The summed E-state index contributed by atoms with van der Waals surface area (Å²) in [6, 6.07) is 5.49. The SMILES string of the molecule is COc1ccc(C(=O)CN(C)CC2CCCC2)cc1Br. The Morgan fingerprint density at radius 3 is 2.70 bits per heavy atom. The molecule has 0 unspecified atom stereocenters. The van der Waals surface area contributed by atoms with Gasteiger partial charge in [-0.05, 0) is 59.9 Å². The highest BCUT2D eigenvalue weighted by atomic mass is 79.9. The first-order valence-electron chi connectivity index (χ1n) is 7.15. The number of methoxy groups -OCH3 is 1. The van der Waals surface area contributed by atoms with Crippen molar-refractivity contribution in [3.8, 4) is 5.75 Å². The van der Waals surface area contributed by atoms with Crippen molar-refractivity contribution in [3.05, 3.63) is 28.2 Å². The van der Waals surface area contributed by atoms with E-state index in [1.807, 2.05) is 25.2 Å². The largest absolute Gasteiger partial charge is 0.496 e. The highest BCUT2D eigenvalue weighted by Crippen LogP contribution is 2.27. The van der Waals surface area contributed by atoms with Crippen LogP contribution in [0.2, 0.25) is 0 Å². The Balaban J connectivity index is 1.91. The summed E-state index contributed by atoms with van der Waals surface area (Å²) in [6.07, 6.45) is 5.31. The third-order valence-corrected chi connectivity index (χ3v) is 4.55. The van der Waals surface area contributed by atoms with Crippen molar-refractivity contribution in [3.63, 3.8) is 0 Å². The minimum Gasteiger partial charge on any atom is -0.496 e. The molecule has 0 atom stereocenters. The van der Waals surface area contributed by atoms with Crippen LogP contribution in [-0.2, 0) is 0 Å². The summed E-state index contributed by atoms with van der Waals surface area (Å²) in [7, 11) is 3.66. The topological polar surface area (TPSA) is 29.5 Å². The predicted molar refractivity (Wildman–Crippen MR) is 84.5 cm³/mol. The number of carbonyl (C=O) groups is 1. The van der Waals surface area contributed by atoms with Gasteiger partial charge in [0.1, 0.15) is 5.75 Å². The molecule has 3 nitrogen and oxygen atoms in total. The van der Waals surface area contributed by atoms with Crippen LogP contribution in [0.4, 0.5) is 0 Å². The molecular formula is C16H22BrNO2. The number of ketones is 1. The van der Waals surface area contributed by atoms with Gasteiger partial charge in [-0.25, -0.2) is 0 Å². The summed E-state index contributed by atoms with van der Waals surface area (Å²) in [5.74, 6) is 1.69. The van der Waals surface area contributed by atoms with E-state index in [1.165, 1.54) is 25.7 Å². The minimum atomic E-state index is 0.161. The van der Waals surface area contributed by atoms with Crippen LogP contribution >= 0.6 is 15.9 Å². The first kappa shape index (κ1) is 15.5. The quantitative estimate of drug-likeness (QED) is 0.739. The Bertz CT molecular complexity index is 470. The van der Waals surface area contributed by atoms with Gasteiger partial charge < -0.3 is 4.74 Å². The molecule has 1 saturated carbocycles. The molecule has 0 aliphatic heterocycles. The Labute approximate surface area is 129 Å². The fraction of sp³-hybridized carbons (Fsp3) is 0.562. The molecule has 0 radical (unpaired) electrons. The van der Waals surface area contributed by atoms with Gasteiger partial charge in [0.15, 0.2) is 5.78 Å². The summed E-state index contributed by atoms with van der Waals surface area (Å²) in [4.78, 5) is 14.4. The summed E-state index contributed by atoms with van der Waals surface area (Å²) >= 11 is 3.42. The van der Waals surface area contributed by atoms with Gasteiger partial charge in [-0.1, -0.05) is 12.8 Å². The fourth-order valence-corrected chi connectivity index (χ4v) is 3.42. The molecule has 110 valence electrons. The van der Waals surface area contributed by atoms with Crippen molar-refractivity contribution < 1.29 is 9.53 Å². The van der Waals surface area contributed by atoms with E-state index < -0.39 is 0 Å². The second-order valence-corrected chi connectivity index (χ2v) is 6.47. The fourth-order valence-electron chi connectivity index (χ4n) is 2.87. The lowest BCUT2D eigenvalue weighted by atomic mass is 10.1. The van der Waals surface area contributed by atoms with E-state index in [4.69, 9.17) is 4.74 Å². The number of hydrogen-bond donors (Lipinski definition) is 0. The Kier molecular flexibility index (Phi) is 5.61. The molecule has 0 spiro atoms. The van der Waals surface area contributed by atoms with Gasteiger partial charge in [-0.15, -0.1) is 0 Å². The standard InChI is InChI=1S/C16H22BrNO2/c1-18(10-12-5-3-4-6-12)11-15(19)13-7-8-16(20-2)14(17)9-13/h7-9,12H,3-6,10-11H2,1-2H3. The number of rotatable bonds is 6.